The van der Waals surface area contributed by atoms with E-state index >= 15 is 0 Å². The number of methoxy groups -OCH3 is 1. The van der Waals surface area contributed by atoms with Crippen LogP contribution in [0.4, 0.5) is 10.7 Å². The van der Waals surface area contributed by atoms with Crippen LogP contribution in [0.25, 0.3) is 0 Å². The Morgan fingerprint density at radius 1 is 1.40 bits per heavy atom. The van der Waals surface area contributed by atoms with Gasteiger partial charge in [0, 0.05) is 13.1 Å². The lowest BCUT2D eigenvalue weighted by atomic mass is 9.92. The summed E-state index contributed by atoms with van der Waals surface area (Å²) in [5.41, 5.74) is 6.69. The molecule has 20 heavy (non-hydrogen) atoms. The van der Waals surface area contributed by atoms with E-state index in [0.29, 0.717) is 22.4 Å². The molecule has 112 valence electrons. The van der Waals surface area contributed by atoms with Crippen LogP contribution in [0.5, 0.6) is 0 Å². The van der Waals surface area contributed by atoms with Crippen LogP contribution < -0.4 is 10.6 Å². The first-order valence-electron chi connectivity index (χ1n) is 6.77. The third-order valence-electron chi connectivity index (χ3n) is 3.61. The van der Waals surface area contributed by atoms with Crippen LogP contribution in [-0.4, -0.2) is 32.4 Å². The topological polar surface area (TPSA) is 55.6 Å². The molecule has 1 aromatic rings. The van der Waals surface area contributed by atoms with Crippen LogP contribution in [0.2, 0.25) is 0 Å². The van der Waals surface area contributed by atoms with Crippen LogP contribution >= 0.6 is 23.1 Å². The highest BCUT2D eigenvalue weighted by Crippen LogP contribution is 2.45. The van der Waals surface area contributed by atoms with Crippen molar-refractivity contribution in [1.29, 1.82) is 0 Å². The Bertz CT molecular complexity index is 492. The Kier molecular flexibility index (Phi) is 4.86. The minimum absolute atomic E-state index is 0.341. The average molecular weight is 314 g/mol. The van der Waals surface area contributed by atoms with Crippen LogP contribution in [0.15, 0.2) is 4.90 Å². The molecule has 0 saturated carbocycles. The Hall–Kier alpha value is -0.880. The summed E-state index contributed by atoms with van der Waals surface area (Å²) in [6, 6.07) is 0. The molecule has 1 saturated heterocycles. The Balaban J connectivity index is 2.38. The van der Waals surface area contributed by atoms with E-state index in [2.05, 4.69) is 18.7 Å². The first kappa shape index (κ1) is 15.5. The smallest absolute Gasteiger partial charge is 0.350 e. The lowest BCUT2D eigenvalue weighted by Gasteiger charge is -2.36. The third kappa shape index (κ3) is 2.91. The molecule has 1 aliphatic heterocycles. The SMILES string of the molecule is COC(=O)c1sc(N2CC(C)CC(C)C2)c(SC)c1N. The molecular weight excluding hydrogens is 292 g/mol. The van der Waals surface area contributed by atoms with Crippen molar-refractivity contribution in [2.24, 2.45) is 11.8 Å². The number of nitrogens with two attached hydrogens (primary N) is 1. The van der Waals surface area contributed by atoms with Crippen molar-refractivity contribution in [3.63, 3.8) is 0 Å². The molecule has 0 bridgehead atoms. The molecule has 0 radical (unpaired) electrons. The number of rotatable bonds is 3. The average Bonchev–Trinajstić information content (AvgIpc) is 2.73. The largest absolute Gasteiger partial charge is 0.465 e. The minimum atomic E-state index is -0.341. The molecule has 2 unspecified atom stereocenters. The number of esters is 1. The molecule has 0 amide bonds. The van der Waals surface area contributed by atoms with Gasteiger partial charge in [0.05, 0.1) is 17.7 Å². The van der Waals surface area contributed by atoms with Crippen LogP contribution in [0.1, 0.15) is 29.9 Å². The number of anilines is 2. The minimum Gasteiger partial charge on any atom is -0.465 e. The van der Waals surface area contributed by atoms with Crippen molar-refractivity contribution in [1.82, 2.24) is 0 Å². The fourth-order valence-corrected chi connectivity index (χ4v) is 5.01. The van der Waals surface area contributed by atoms with Crippen LogP contribution in [0, 0.1) is 11.8 Å². The van der Waals surface area contributed by atoms with E-state index in [-0.39, 0.29) is 5.97 Å². The van der Waals surface area contributed by atoms with Gasteiger partial charge in [-0.05, 0) is 24.5 Å². The number of ether oxygens (including phenoxy) is 1. The number of nitrogen functional groups attached to an aromatic ring is 1. The number of hydrogen-bond acceptors (Lipinski definition) is 6. The summed E-state index contributed by atoms with van der Waals surface area (Å²) in [6.45, 7) is 6.61. The summed E-state index contributed by atoms with van der Waals surface area (Å²) in [4.78, 5) is 15.7. The van der Waals surface area contributed by atoms with E-state index in [0.717, 1.165) is 23.0 Å². The maximum absolute atomic E-state index is 11.8. The lowest BCUT2D eigenvalue weighted by Crippen LogP contribution is -2.38. The zero-order chi connectivity index (χ0) is 14.9. The summed E-state index contributed by atoms with van der Waals surface area (Å²) in [5, 5.41) is 1.12. The van der Waals surface area contributed by atoms with E-state index in [9.17, 15) is 4.79 Å². The quantitative estimate of drug-likeness (QED) is 0.685. The van der Waals surface area contributed by atoms with Gasteiger partial charge in [-0.25, -0.2) is 4.79 Å². The Labute approximate surface area is 128 Å². The van der Waals surface area contributed by atoms with Gasteiger partial charge in [0.15, 0.2) is 0 Å². The third-order valence-corrected chi connectivity index (χ3v) is 5.81. The highest BCUT2D eigenvalue weighted by molar-refractivity contribution is 7.99. The molecule has 4 nitrogen and oxygen atoms in total. The number of thioether (sulfide) groups is 1. The summed E-state index contributed by atoms with van der Waals surface area (Å²) in [6.07, 6.45) is 3.26. The van der Waals surface area contributed by atoms with E-state index in [1.807, 2.05) is 6.26 Å². The van der Waals surface area contributed by atoms with Crippen molar-refractivity contribution in [3.8, 4) is 0 Å². The summed E-state index contributed by atoms with van der Waals surface area (Å²) < 4.78 is 4.82. The molecule has 0 aliphatic carbocycles. The van der Waals surface area contributed by atoms with Crippen molar-refractivity contribution in [3.05, 3.63) is 4.88 Å². The predicted octanol–water partition coefficient (Wildman–Crippen LogP) is 3.32. The standard InChI is InChI=1S/C14H22N2O2S2/c1-8-5-9(2)7-16(6-8)13-11(19-4)10(15)12(20-13)14(17)18-3/h8-9H,5-7,15H2,1-4H3. The maximum atomic E-state index is 11.8. The molecule has 0 aromatic carbocycles. The van der Waals surface area contributed by atoms with Gasteiger partial charge in [0.25, 0.3) is 0 Å². The normalized spacial score (nSPS) is 22.9. The fourth-order valence-electron chi connectivity index (χ4n) is 2.89. The van der Waals surface area contributed by atoms with Gasteiger partial charge in [-0.15, -0.1) is 23.1 Å². The van der Waals surface area contributed by atoms with Gasteiger partial charge in [-0.1, -0.05) is 13.8 Å². The number of carbonyl (C=O) groups is 1. The monoisotopic (exact) mass is 314 g/mol. The maximum Gasteiger partial charge on any atom is 0.350 e. The summed E-state index contributed by atoms with van der Waals surface area (Å²) >= 11 is 3.06. The number of nitrogens with zero attached hydrogens (tertiary/aromatic N) is 1. The second-order valence-corrected chi connectivity index (χ2v) is 7.34. The second kappa shape index (κ2) is 6.26. The number of piperidine rings is 1. The molecule has 2 N–H and O–H groups in total. The zero-order valence-electron chi connectivity index (χ0n) is 12.4. The number of hydrogen-bond donors (Lipinski definition) is 1. The van der Waals surface area contributed by atoms with E-state index in [4.69, 9.17) is 10.5 Å². The van der Waals surface area contributed by atoms with E-state index in [1.165, 1.54) is 24.9 Å². The predicted molar refractivity (Wildman–Crippen MR) is 87.0 cm³/mol. The number of carbonyl (C=O) groups excluding carboxylic acids is 1. The molecule has 2 rings (SSSR count). The van der Waals surface area contributed by atoms with E-state index in [1.54, 1.807) is 11.8 Å². The molecule has 6 heteroatoms. The van der Waals surface area contributed by atoms with Crippen molar-refractivity contribution in [2.75, 3.05) is 37.1 Å². The molecule has 2 heterocycles. The van der Waals surface area contributed by atoms with Crippen molar-refractivity contribution >= 4 is 39.8 Å². The van der Waals surface area contributed by atoms with Crippen LogP contribution in [-0.2, 0) is 4.74 Å². The van der Waals surface area contributed by atoms with E-state index < -0.39 is 0 Å². The van der Waals surface area contributed by atoms with Crippen LogP contribution in [0.3, 0.4) is 0 Å². The molecule has 2 atom stereocenters. The molecule has 0 spiro atoms. The molecule has 1 aliphatic rings. The van der Waals surface area contributed by atoms with Gasteiger partial charge in [-0.3, -0.25) is 0 Å². The fraction of sp³-hybridized carbons (Fsp3) is 0.643. The van der Waals surface area contributed by atoms with Crippen molar-refractivity contribution in [2.45, 2.75) is 25.2 Å². The summed E-state index contributed by atoms with van der Waals surface area (Å²) in [5.74, 6) is 0.990. The van der Waals surface area contributed by atoms with Gasteiger partial charge in [0.1, 0.15) is 9.88 Å². The van der Waals surface area contributed by atoms with Gasteiger partial charge in [0.2, 0.25) is 0 Å². The molecule has 1 aromatic heterocycles. The lowest BCUT2D eigenvalue weighted by molar-refractivity contribution is 0.0607. The highest BCUT2D eigenvalue weighted by Gasteiger charge is 2.28. The molecular formula is C14H22N2O2S2. The number of thiophene rings is 1. The second-order valence-electron chi connectivity index (χ2n) is 5.53. The Morgan fingerprint density at radius 2 is 2.00 bits per heavy atom. The highest BCUT2D eigenvalue weighted by atomic mass is 32.2. The zero-order valence-corrected chi connectivity index (χ0v) is 14.1. The van der Waals surface area contributed by atoms with Gasteiger partial charge >= 0.3 is 5.97 Å². The Morgan fingerprint density at radius 3 is 2.50 bits per heavy atom. The van der Waals surface area contributed by atoms with Gasteiger partial charge < -0.3 is 15.4 Å². The first-order chi connectivity index (χ1) is 9.47. The van der Waals surface area contributed by atoms with Crippen molar-refractivity contribution < 1.29 is 9.53 Å². The first-order valence-corrected chi connectivity index (χ1v) is 8.81. The molecule has 1 fully saturated rings. The van der Waals surface area contributed by atoms with Gasteiger partial charge in [-0.2, -0.15) is 0 Å². The summed E-state index contributed by atoms with van der Waals surface area (Å²) in [7, 11) is 1.39.